The predicted molar refractivity (Wildman–Crippen MR) is 71.9 cm³/mol. The van der Waals surface area contributed by atoms with Crippen LogP contribution in [-0.2, 0) is 18.4 Å². The number of carbonyl (C=O) groups is 2. The minimum absolute atomic E-state index is 0.0157. The number of amides is 2. The molecule has 7 nitrogen and oxygen atoms in total. The van der Waals surface area contributed by atoms with Gasteiger partial charge in [-0.25, -0.2) is 9.78 Å². The number of urea groups is 1. The molecule has 0 radical (unpaired) electrons. The minimum Gasteiger partial charge on any atom is -0.481 e. The normalized spacial score (nSPS) is 22.1. The molecule has 2 atom stereocenters. The van der Waals surface area contributed by atoms with Crippen LogP contribution in [0.5, 0.6) is 0 Å². The number of imidazole rings is 1. The Morgan fingerprint density at radius 3 is 2.70 bits per heavy atom. The van der Waals surface area contributed by atoms with Crippen LogP contribution in [-0.4, -0.2) is 56.6 Å². The number of likely N-dealkylation sites (tertiary alicyclic amines) is 1. The predicted octanol–water partition coefficient (Wildman–Crippen LogP) is 0.624. The van der Waals surface area contributed by atoms with Crippen LogP contribution in [0.3, 0.4) is 0 Å². The Bertz CT molecular complexity index is 513. The molecular formula is C13H20N4O3. The number of hydrogen-bond acceptors (Lipinski definition) is 3. The molecule has 1 N–H and O–H groups in total. The number of nitrogens with zero attached hydrogens (tertiary/aromatic N) is 4. The van der Waals surface area contributed by atoms with E-state index in [1.807, 2.05) is 24.7 Å². The summed E-state index contributed by atoms with van der Waals surface area (Å²) in [5.41, 5.74) is 0. The Kier molecular flexibility index (Phi) is 3.96. The van der Waals surface area contributed by atoms with Crippen LogP contribution < -0.4 is 0 Å². The first-order valence-corrected chi connectivity index (χ1v) is 6.59. The topological polar surface area (TPSA) is 78.7 Å². The third kappa shape index (κ3) is 2.76. The lowest BCUT2D eigenvalue weighted by Crippen LogP contribution is -2.40. The third-order valence-electron chi connectivity index (χ3n) is 3.83. The number of aryl methyl sites for hydroxylation is 1. The number of aliphatic carboxylic acids is 1. The zero-order chi connectivity index (χ0) is 14.9. The van der Waals surface area contributed by atoms with Crippen LogP contribution in [0, 0.1) is 11.8 Å². The van der Waals surface area contributed by atoms with Gasteiger partial charge in [-0.15, -0.1) is 0 Å². The Morgan fingerprint density at radius 1 is 1.50 bits per heavy atom. The van der Waals surface area contributed by atoms with Gasteiger partial charge in [0.15, 0.2) is 0 Å². The van der Waals surface area contributed by atoms with Crippen molar-refractivity contribution in [2.75, 3.05) is 20.1 Å². The van der Waals surface area contributed by atoms with E-state index < -0.39 is 11.9 Å². The van der Waals surface area contributed by atoms with E-state index >= 15 is 0 Å². The summed E-state index contributed by atoms with van der Waals surface area (Å²) in [7, 11) is 3.58. The maximum absolute atomic E-state index is 12.3. The van der Waals surface area contributed by atoms with Crippen LogP contribution in [0.15, 0.2) is 12.4 Å². The van der Waals surface area contributed by atoms with Crippen molar-refractivity contribution in [3.05, 3.63) is 18.2 Å². The second-order valence-corrected chi connectivity index (χ2v) is 5.42. The number of aromatic nitrogens is 2. The lowest BCUT2D eigenvalue weighted by Gasteiger charge is -2.24. The lowest BCUT2D eigenvalue weighted by molar-refractivity contribution is -0.142. The van der Waals surface area contributed by atoms with E-state index in [0.717, 1.165) is 5.82 Å². The molecule has 1 aromatic rings. The molecule has 0 saturated carbocycles. The van der Waals surface area contributed by atoms with Gasteiger partial charge in [-0.1, -0.05) is 6.92 Å². The fourth-order valence-electron chi connectivity index (χ4n) is 2.51. The molecule has 2 heterocycles. The van der Waals surface area contributed by atoms with Crippen molar-refractivity contribution in [2.45, 2.75) is 13.5 Å². The molecular weight excluding hydrogens is 260 g/mol. The molecule has 0 aliphatic carbocycles. The van der Waals surface area contributed by atoms with E-state index in [0.29, 0.717) is 13.1 Å². The van der Waals surface area contributed by atoms with Crippen molar-refractivity contribution in [3.8, 4) is 0 Å². The monoisotopic (exact) mass is 280 g/mol. The molecule has 0 bridgehead atoms. The van der Waals surface area contributed by atoms with Gasteiger partial charge in [0, 0.05) is 39.6 Å². The molecule has 1 fully saturated rings. The molecule has 110 valence electrons. The van der Waals surface area contributed by atoms with Gasteiger partial charge in [0.25, 0.3) is 0 Å². The quantitative estimate of drug-likeness (QED) is 0.880. The smallest absolute Gasteiger partial charge is 0.320 e. The Morgan fingerprint density at radius 2 is 2.20 bits per heavy atom. The van der Waals surface area contributed by atoms with Gasteiger partial charge in [0.1, 0.15) is 5.82 Å². The first-order chi connectivity index (χ1) is 9.40. The maximum atomic E-state index is 12.3. The van der Waals surface area contributed by atoms with E-state index in [9.17, 15) is 9.59 Å². The average Bonchev–Trinajstić information content (AvgIpc) is 2.95. The Labute approximate surface area is 117 Å². The summed E-state index contributed by atoms with van der Waals surface area (Å²) in [6.45, 7) is 3.04. The summed E-state index contributed by atoms with van der Waals surface area (Å²) in [4.78, 5) is 30.8. The van der Waals surface area contributed by atoms with E-state index in [1.165, 1.54) is 0 Å². The first-order valence-electron chi connectivity index (χ1n) is 6.59. The molecule has 0 unspecified atom stereocenters. The van der Waals surface area contributed by atoms with Crippen molar-refractivity contribution in [1.82, 2.24) is 19.4 Å². The fourth-order valence-corrected chi connectivity index (χ4v) is 2.51. The van der Waals surface area contributed by atoms with Gasteiger partial charge < -0.3 is 19.5 Å². The van der Waals surface area contributed by atoms with Crippen LogP contribution in [0.25, 0.3) is 0 Å². The SMILES string of the molecule is C[C@@H]1CN(C(=O)N(C)Cc2nccn2C)C[C@H]1C(=O)O. The molecule has 2 rings (SSSR count). The minimum atomic E-state index is -0.834. The van der Waals surface area contributed by atoms with Gasteiger partial charge in [-0.05, 0) is 5.92 Å². The van der Waals surface area contributed by atoms with Crippen molar-refractivity contribution < 1.29 is 14.7 Å². The summed E-state index contributed by atoms with van der Waals surface area (Å²) in [6, 6.07) is -0.149. The zero-order valence-electron chi connectivity index (χ0n) is 12.0. The summed E-state index contributed by atoms with van der Waals surface area (Å²) >= 11 is 0. The molecule has 1 aromatic heterocycles. The maximum Gasteiger partial charge on any atom is 0.320 e. The van der Waals surface area contributed by atoms with Crippen LogP contribution in [0.4, 0.5) is 4.79 Å². The van der Waals surface area contributed by atoms with Crippen LogP contribution >= 0.6 is 0 Å². The van der Waals surface area contributed by atoms with Crippen molar-refractivity contribution in [1.29, 1.82) is 0 Å². The second-order valence-electron chi connectivity index (χ2n) is 5.42. The molecule has 1 saturated heterocycles. The summed E-state index contributed by atoms with van der Waals surface area (Å²) in [5, 5.41) is 9.10. The number of rotatable bonds is 3. The van der Waals surface area contributed by atoms with Crippen molar-refractivity contribution >= 4 is 12.0 Å². The zero-order valence-corrected chi connectivity index (χ0v) is 12.0. The van der Waals surface area contributed by atoms with Gasteiger partial charge >= 0.3 is 12.0 Å². The summed E-state index contributed by atoms with van der Waals surface area (Å²) < 4.78 is 1.86. The van der Waals surface area contributed by atoms with Gasteiger partial charge in [-0.2, -0.15) is 0 Å². The van der Waals surface area contributed by atoms with Crippen LogP contribution in [0.1, 0.15) is 12.7 Å². The number of carboxylic acids is 1. The second kappa shape index (κ2) is 5.52. The Hall–Kier alpha value is -2.05. The lowest BCUT2D eigenvalue weighted by atomic mass is 9.99. The summed E-state index contributed by atoms with van der Waals surface area (Å²) in [6.07, 6.45) is 3.51. The summed E-state index contributed by atoms with van der Waals surface area (Å²) in [5.74, 6) is -0.527. The average molecular weight is 280 g/mol. The highest BCUT2D eigenvalue weighted by Crippen LogP contribution is 2.24. The first kappa shape index (κ1) is 14.4. The van der Waals surface area contributed by atoms with Crippen molar-refractivity contribution in [2.24, 2.45) is 18.9 Å². The molecule has 0 spiro atoms. The number of carboxylic acid groups (broad SMARTS) is 1. The van der Waals surface area contributed by atoms with Gasteiger partial charge in [0.05, 0.1) is 12.5 Å². The standard InChI is InChI=1S/C13H20N4O3/c1-9-6-17(7-10(9)12(18)19)13(20)16(3)8-11-14-4-5-15(11)2/h4-5,9-10H,6-8H2,1-3H3,(H,18,19)/t9-,10-/m1/s1. The molecule has 2 amide bonds. The highest BCUT2D eigenvalue weighted by Gasteiger charge is 2.37. The highest BCUT2D eigenvalue weighted by atomic mass is 16.4. The number of carbonyl (C=O) groups excluding carboxylic acids is 1. The number of hydrogen-bond donors (Lipinski definition) is 1. The third-order valence-corrected chi connectivity index (χ3v) is 3.83. The van der Waals surface area contributed by atoms with Gasteiger partial charge in [0.2, 0.25) is 0 Å². The van der Waals surface area contributed by atoms with E-state index in [2.05, 4.69) is 4.98 Å². The van der Waals surface area contributed by atoms with Crippen LogP contribution in [0.2, 0.25) is 0 Å². The molecule has 0 aromatic carbocycles. The molecule has 20 heavy (non-hydrogen) atoms. The largest absolute Gasteiger partial charge is 0.481 e. The van der Waals surface area contributed by atoms with E-state index in [-0.39, 0.29) is 18.5 Å². The Balaban J connectivity index is 1.98. The fraction of sp³-hybridized carbons (Fsp3) is 0.615. The van der Waals surface area contributed by atoms with E-state index in [4.69, 9.17) is 5.11 Å². The van der Waals surface area contributed by atoms with Crippen molar-refractivity contribution in [3.63, 3.8) is 0 Å². The van der Waals surface area contributed by atoms with E-state index in [1.54, 1.807) is 23.0 Å². The molecule has 7 heteroatoms. The van der Waals surface area contributed by atoms with Gasteiger partial charge in [-0.3, -0.25) is 4.79 Å². The highest BCUT2D eigenvalue weighted by molar-refractivity contribution is 5.77. The molecule has 1 aliphatic rings. The molecule has 1 aliphatic heterocycles.